The number of hydrogen-bond donors (Lipinski definition) is 1. The Morgan fingerprint density at radius 3 is 2.80 bits per heavy atom. The predicted molar refractivity (Wildman–Crippen MR) is 66.0 cm³/mol. The lowest BCUT2D eigenvalue weighted by atomic mass is 10.0. The molecule has 3 heteroatoms. The molecule has 0 aromatic heterocycles. The highest BCUT2D eigenvalue weighted by atomic mass is 127. The lowest BCUT2D eigenvalue weighted by Crippen LogP contribution is -2.02. The molecule has 1 aliphatic carbocycles. The first kappa shape index (κ1) is 11.1. The molecule has 80 valence electrons. The molecule has 1 nitrogen and oxygen atoms in total. The van der Waals surface area contributed by atoms with Crippen molar-refractivity contribution in [1.82, 2.24) is 0 Å². The number of allylic oxidation sites excluding steroid dienone is 1. The van der Waals surface area contributed by atoms with Crippen LogP contribution >= 0.6 is 22.6 Å². The maximum Gasteiger partial charge on any atom is 0.124 e. The van der Waals surface area contributed by atoms with Gasteiger partial charge in [-0.1, -0.05) is 12.1 Å². The highest BCUT2D eigenvalue weighted by Gasteiger charge is 2.18. The third-order valence-electron chi connectivity index (χ3n) is 2.68. The van der Waals surface area contributed by atoms with Crippen molar-refractivity contribution in [2.75, 3.05) is 0 Å². The maximum atomic E-state index is 12.9. The smallest absolute Gasteiger partial charge is 0.124 e. The summed E-state index contributed by atoms with van der Waals surface area (Å²) in [6.07, 6.45) is 4.65. The van der Waals surface area contributed by atoms with E-state index in [0.29, 0.717) is 0 Å². The van der Waals surface area contributed by atoms with Crippen LogP contribution in [-0.2, 0) is 0 Å². The van der Waals surface area contributed by atoms with Crippen LogP contribution < -0.4 is 0 Å². The van der Waals surface area contributed by atoms with E-state index >= 15 is 0 Å². The SMILES string of the molecule is OC(C1=CCCC1)c1ccc(F)cc1I. The van der Waals surface area contributed by atoms with Crippen LogP contribution in [0, 0.1) is 9.39 Å². The molecule has 2 rings (SSSR count). The second-order valence-corrected chi connectivity index (χ2v) is 4.90. The number of halogens is 2. The molecule has 0 aliphatic heterocycles. The van der Waals surface area contributed by atoms with Crippen LogP contribution in [0.2, 0.25) is 0 Å². The van der Waals surface area contributed by atoms with E-state index in [1.807, 2.05) is 0 Å². The Morgan fingerprint density at radius 1 is 1.40 bits per heavy atom. The van der Waals surface area contributed by atoms with Crippen molar-refractivity contribution in [1.29, 1.82) is 0 Å². The van der Waals surface area contributed by atoms with Crippen LogP contribution in [0.15, 0.2) is 29.8 Å². The van der Waals surface area contributed by atoms with Gasteiger partial charge >= 0.3 is 0 Å². The van der Waals surface area contributed by atoms with Crippen LogP contribution in [0.4, 0.5) is 4.39 Å². The summed E-state index contributed by atoms with van der Waals surface area (Å²) in [6.45, 7) is 0. The zero-order valence-corrected chi connectivity index (χ0v) is 10.4. The van der Waals surface area contributed by atoms with Gasteiger partial charge in [0.15, 0.2) is 0 Å². The Morgan fingerprint density at radius 2 is 2.20 bits per heavy atom. The van der Waals surface area contributed by atoms with Crippen molar-refractivity contribution >= 4 is 22.6 Å². The molecular weight excluding hydrogens is 306 g/mol. The van der Waals surface area contributed by atoms with Gasteiger partial charge in [-0.2, -0.15) is 0 Å². The molecule has 15 heavy (non-hydrogen) atoms. The third-order valence-corrected chi connectivity index (χ3v) is 3.62. The van der Waals surface area contributed by atoms with Gasteiger partial charge in [0.1, 0.15) is 11.9 Å². The molecule has 1 N–H and O–H groups in total. The fourth-order valence-corrected chi connectivity index (χ4v) is 2.64. The van der Waals surface area contributed by atoms with Crippen molar-refractivity contribution in [3.8, 4) is 0 Å². The van der Waals surface area contributed by atoms with Gasteiger partial charge in [0.2, 0.25) is 0 Å². The lowest BCUT2D eigenvalue weighted by molar-refractivity contribution is 0.211. The summed E-state index contributed by atoms with van der Waals surface area (Å²) in [6, 6.07) is 4.52. The van der Waals surface area contributed by atoms with Gasteiger partial charge in [0.05, 0.1) is 0 Å². The monoisotopic (exact) mass is 318 g/mol. The topological polar surface area (TPSA) is 20.2 Å². The van der Waals surface area contributed by atoms with E-state index in [1.165, 1.54) is 12.1 Å². The van der Waals surface area contributed by atoms with Gasteiger partial charge in [-0.3, -0.25) is 0 Å². The predicted octanol–water partition coefficient (Wildman–Crippen LogP) is 3.57. The summed E-state index contributed by atoms with van der Waals surface area (Å²) in [4.78, 5) is 0. The van der Waals surface area contributed by atoms with E-state index < -0.39 is 6.10 Å². The molecule has 0 radical (unpaired) electrons. The normalized spacial score (nSPS) is 17.7. The van der Waals surface area contributed by atoms with Crippen LogP contribution in [-0.4, -0.2) is 5.11 Å². The molecule has 1 aliphatic rings. The van der Waals surface area contributed by atoms with Crippen molar-refractivity contribution in [3.05, 3.63) is 44.8 Å². The van der Waals surface area contributed by atoms with Gasteiger partial charge in [-0.25, -0.2) is 4.39 Å². The molecule has 0 heterocycles. The molecule has 0 saturated heterocycles. The summed E-state index contributed by atoms with van der Waals surface area (Å²) in [5.41, 5.74) is 1.88. The van der Waals surface area contributed by atoms with E-state index in [0.717, 1.165) is 34.0 Å². The summed E-state index contributed by atoms with van der Waals surface area (Å²) in [5.74, 6) is -0.254. The number of benzene rings is 1. The van der Waals surface area contributed by atoms with Gasteiger partial charge in [-0.15, -0.1) is 0 Å². The van der Waals surface area contributed by atoms with Crippen molar-refractivity contribution in [2.24, 2.45) is 0 Å². The Balaban J connectivity index is 2.28. The minimum atomic E-state index is -0.556. The molecule has 1 aromatic rings. The quantitative estimate of drug-likeness (QED) is 0.653. The summed E-state index contributed by atoms with van der Waals surface area (Å²) < 4.78 is 13.7. The summed E-state index contributed by atoms with van der Waals surface area (Å²) in [5, 5.41) is 10.1. The van der Waals surface area contributed by atoms with Crippen LogP contribution in [0.5, 0.6) is 0 Å². The zero-order valence-electron chi connectivity index (χ0n) is 8.21. The van der Waals surface area contributed by atoms with E-state index in [9.17, 15) is 9.50 Å². The van der Waals surface area contributed by atoms with Gasteiger partial charge in [0, 0.05) is 3.57 Å². The molecule has 0 fully saturated rings. The molecule has 1 atom stereocenters. The van der Waals surface area contributed by atoms with Crippen molar-refractivity contribution in [3.63, 3.8) is 0 Å². The van der Waals surface area contributed by atoms with E-state index in [-0.39, 0.29) is 5.82 Å². The van der Waals surface area contributed by atoms with E-state index in [2.05, 4.69) is 28.7 Å². The van der Waals surface area contributed by atoms with E-state index in [4.69, 9.17) is 0 Å². The highest BCUT2D eigenvalue weighted by molar-refractivity contribution is 14.1. The maximum absolute atomic E-state index is 12.9. The van der Waals surface area contributed by atoms with Crippen molar-refractivity contribution < 1.29 is 9.50 Å². The second kappa shape index (κ2) is 4.61. The van der Waals surface area contributed by atoms with Crippen molar-refractivity contribution in [2.45, 2.75) is 25.4 Å². The number of aliphatic hydroxyl groups is 1. The zero-order chi connectivity index (χ0) is 10.8. The third kappa shape index (κ3) is 2.39. The molecule has 1 unspecified atom stereocenters. The fourth-order valence-electron chi connectivity index (χ4n) is 1.87. The molecule has 0 bridgehead atoms. The molecule has 0 saturated carbocycles. The molecule has 0 spiro atoms. The Bertz CT molecular complexity index is 401. The summed E-state index contributed by atoms with van der Waals surface area (Å²) >= 11 is 2.06. The average molecular weight is 318 g/mol. The standard InChI is InChI=1S/C12H12FIO/c13-9-5-6-10(11(14)7-9)12(15)8-3-1-2-4-8/h3,5-7,12,15H,1-2,4H2. The van der Waals surface area contributed by atoms with Gasteiger partial charge in [0.25, 0.3) is 0 Å². The Hall–Kier alpha value is -0.420. The summed E-state index contributed by atoms with van der Waals surface area (Å²) in [7, 11) is 0. The van der Waals surface area contributed by atoms with Crippen LogP contribution in [0.3, 0.4) is 0 Å². The minimum Gasteiger partial charge on any atom is -0.384 e. The number of rotatable bonds is 2. The largest absolute Gasteiger partial charge is 0.384 e. The van der Waals surface area contributed by atoms with Crippen LogP contribution in [0.1, 0.15) is 30.9 Å². The number of hydrogen-bond acceptors (Lipinski definition) is 1. The van der Waals surface area contributed by atoms with Gasteiger partial charge < -0.3 is 5.11 Å². The van der Waals surface area contributed by atoms with Crippen LogP contribution in [0.25, 0.3) is 0 Å². The van der Waals surface area contributed by atoms with E-state index in [1.54, 1.807) is 6.07 Å². The molecule has 1 aromatic carbocycles. The minimum absolute atomic E-state index is 0.254. The Kier molecular flexibility index (Phi) is 3.41. The second-order valence-electron chi connectivity index (χ2n) is 3.74. The molecular formula is C12H12FIO. The highest BCUT2D eigenvalue weighted by Crippen LogP contribution is 2.32. The first-order valence-electron chi connectivity index (χ1n) is 5.00. The fraction of sp³-hybridized carbons (Fsp3) is 0.333. The van der Waals surface area contributed by atoms with Gasteiger partial charge in [-0.05, 0) is 65.1 Å². The lowest BCUT2D eigenvalue weighted by Gasteiger charge is -2.14. The average Bonchev–Trinajstić information content (AvgIpc) is 2.69. The first-order valence-corrected chi connectivity index (χ1v) is 6.08. The first-order chi connectivity index (χ1) is 7.18. The number of aliphatic hydroxyl groups excluding tert-OH is 1. The molecule has 0 amide bonds. The Labute approximate surface area is 102 Å².